The van der Waals surface area contributed by atoms with Gasteiger partial charge in [-0.1, -0.05) is 43.6 Å². The SMILES string of the molecule is CC[C@H](CCCC(=O)NO)[C@H]1CC[C@H]2C(=CC=C3C[C@@H](O)C[C@H](O)C3)CCC[C@]12C. The minimum atomic E-state index is -0.413. The van der Waals surface area contributed by atoms with Crippen molar-refractivity contribution in [3.8, 4) is 0 Å². The molecule has 3 fully saturated rings. The van der Waals surface area contributed by atoms with Gasteiger partial charge in [0.2, 0.25) is 5.91 Å². The fraction of sp³-hybridized carbons (Fsp3) is 0.800. The molecule has 170 valence electrons. The van der Waals surface area contributed by atoms with Crippen LogP contribution in [0.3, 0.4) is 0 Å². The van der Waals surface area contributed by atoms with E-state index in [1.807, 2.05) is 0 Å². The zero-order valence-electron chi connectivity index (χ0n) is 18.8. The Morgan fingerprint density at radius 3 is 2.63 bits per heavy atom. The quantitative estimate of drug-likeness (QED) is 0.357. The highest BCUT2D eigenvalue weighted by atomic mass is 16.5. The van der Waals surface area contributed by atoms with E-state index in [1.54, 1.807) is 11.1 Å². The third-order valence-electron chi connectivity index (χ3n) is 8.31. The first kappa shape index (κ1) is 23.5. The van der Waals surface area contributed by atoms with Gasteiger partial charge in [0, 0.05) is 6.42 Å². The molecule has 0 radical (unpaired) electrons. The normalized spacial score (nSPS) is 36.4. The van der Waals surface area contributed by atoms with Crippen molar-refractivity contribution < 1.29 is 20.2 Å². The third kappa shape index (κ3) is 5.35. The summed E-state index contributed by atoms with van der Waals surface area (Å²) < 4.78 is 0. The van der Waals surface area contributed by atoms with Gasteiger partial charge in [0.1, 0.15) is 0 Å². The first-order valence-corrected chi connectivity index (χ1v) is 12.0. The molecule has 3 saturated carbocycles. The first-order valence-electron chi connectivity index (χ1n) is 12.0. The van der Waals surface area contributed by atoms with Crippen molar-refractivity contribution in [1.82, 2.24) is 5.48 Å². The molecule has 30 heavy (non-hydrogen) atoms. The standard InChI is InChI=1S/C25H41NO4/c1-3-18(6-4-8-24(29)26-30)22-11-12-23-19(7-5-13-25(22,23)2)10-9-17-14-20(27)16-21(28)15-17/h9-10,18,20-23,27-28,30H,3-8,11-16H2,1-2H3,(H,26,29)/t18-,20-,21-,22-,23+,25-/m1/s1. The molecule has 0 bridgehead atoms. The molecule has 0 heterocycles. The molecule has 0 saturated heterocycles. The second-order valence-electron chi connectivity index (χ2n) is 10.2. The molecule has 3 aliphatic carbocycles. The minimum Gasteiger partial charge on any atom is -0.393 e. The van der Waals surface area contributed by atoms with Crippen LogP contribution in [0.4, 0.5) is 0 Å². The number of hydrogen-bond donors (Lipinski definition) is 4. The largest absolute Gasteiger partial charge is 0.393 e. The van der Waals surface area contributed by atoms with Gasteiger partial charge in [-0.3, -0.25) is 10.0 Å². The highest BCUT2D eigenvalue weighted by molar-refractivity contribution is 5.74. The fourth-order valence-corrected chi connectivity index (χ4v) is 6.85. The first-order chi connectivity index (χ1) is 14.4. The van der Waals surface area contributed by atoms with E-state index in [4.69, 9.17) is 5.21 Å². The van der Waals surface area contributed by atoms with Crippen LogP contribution in [0, 0.1) is 23.2 Å². The van der Waals surface area contributed by atoms with Crippen molar-refractivity contribution >= 4 is 5.91 Å². The van der Waals surface area contributed by atoms with Crippen molar-refractivity contribution in [2.45, 2.75) is 103 Å². The second kappa shape index (κ2) is 10.4. The molecule has 4 N–H and O–H groups in total. The molecule has 6 atom stereocenters. The highest BCUT2D eigenvalue weighted by Crippen LogP contribution is 2.60. The Labute approximate surface area is 181 Å². The molecule has 3 rings (SSSR count). The highest BCUT2D eigenvalue weighted by Gasteiger charge is 2.50. The zero-order chi connectivity index (χ0) is 21.7. The number of aliphatic hydroxyl groups excluding tert-OH is 2. The number of carbonyl (C=O) groups is 1. The van der Waals surface area contributed by atoms with Gasteiger partial charge in [-0.25, -0.2) is 5.48 Å². The van der Waals surface area contributed by atoms with Gasteiger partial charge in [0.25, 0.3) is 0 Å². The summed E-state index contributed by atoms with van der Waals surface area (Å²) >= 11 is 0. The number of rotatable bonds is 7. The van der Waals surface area contributed by atoms with Gasteiger partial charge in [-0.2, -0.15) is 0 Å². The number of nitrogens with one attached hydrogen (secondary N) is 1. The Morgan fingerprint density at radius 1 is 1.23 bits per heavy atom. The van der Waals surface area contributed by atoms with Crippen LogP contribution in [-0.2, 0) is 4.79 Å². The fourth-order valence-electron chi connectivity index (χ4n) is 6.85. The third-order valence-corrected chi connectivity index (χ3v) is 8.31. The summed E-state index contributed by atoms with van der Waals surface area (Å²) in [5.74, 6) is 1.67. The van der Waals surface area contributed by atoms with Crippen molar-refractivity contribution in [3.63, 3.8) is 0 Å². The lowest BCUT2D eigenvalue weighted by Crippen LogP contribution is -2.36. The average molecular weight is 420 g/mol. The number of allylic oxidation sites excluding steroid dienone is 3. The Bertz CT molecular complexity index is 646. The van der Waals surface area contributed by atoms with Crippen molar-refractivity contribution in [1.29, 1.82) is 0 Å². The molecule has 0 aromatic rings. The number of hydrogen-bond acceptors (Lipinski definition) is 4. The van der Waals surface area contributed by atoms with Crippen LogP contribution in [0.25, 0.3) is 0 Å². The van der Waals surface area contributed by atoms with E-state index in [1.165, 1.54) is 31.3 Å². The molecule has 0 aliphatic heterocycles. The van der Waals surface area contributed by atoms with E-state index in [0.717, 1.165) is 25.7 Å². The lowest BCUT2D eigenvalue weighted by molar-refractivity contribution is -0.129. The predicted molar refractivity (Wildman–Crippen MR) is 118 cm³/mol. The van der Waals surface area contributed by atoms with E-state index in [9.17, 15) is 15.0 Å². The smallest absolute Gasteiger partial charge is 0.243 e. The molecule has 3 aliphatic rings. The lowest BCUT2D eigenvalue weighted by atomic mass is 9.60. The van der Waals surface area contributed by atoms with Crippen molar-refractivity contribution in [2.75, 3.05) is 0 Å². The number of amides is 1. The molecular weight excluding hydrogens is 378 g/mol. The number of fused-ring (bicyclic) bond motifs is 1. The van der Waals surface area contributed by atoms with Gasteiger partial charge in [-0.05, 0) is 87.4 Å². The number of carbonyl (C=O) groups excluding carboxylic acids is 1. The van der Waals surface area contributed by atoms with Crippen molar-refractivity contribution in [3.05, 3.63) is 23.3 Å². The van der Waals surface area contributed by atoms with E-state index >= 15 is 0 Å². The predicted octanol–water partition coefficient (Wildman–Crippen LogP) is 4.66. The molecular formula is C25H41NO4. The zero-order valence-corrected chi connectivity index (χ0v) is 18.8. The van der Waals surface area contributed by atoms with Crippen LogP contribution >= 0.6 is 0 Å². The average Bonchev–Trinajstić information content (AvgIpc) is 3.06. The Balaban J connectivity index is 1.69. The van der Waals surface area contributed by atoms with Gasteiger partial charge >= 0.3 is 0 Å². The van der Waals surface area contributed by atoms with Gasteiger partial charge < -0.3 is 10.2 Å². The molecule has 1 amide bonds. The Morgan fingerprint density at radius 2 is 1.97 bits per heavy atom. The van der Waals surface area contributed by atoms with E-state index in [-0.39, 0.29) is 5.91 Å². The maximum atomic E-state index is 11.4. The second-order valence-corrected chi connectivity index (χ2v) is 10.2. The molecule has 5 heteroatoms. The summed E-state index contributed by atoms with van der Waals surface area (Å²) in [6, 6.07) is 0. The molecule has 0 spiro atoms. The van der Waals surface area contributed by atoms with Crippen molar-refractivity contribution in [2.24, 2.45) is 23.2 Å². The monoisotopic (exact) mass is 419 g/mol. The Hall–Kier alpha value is -1.17. The summed E-state index contributed by atoms with van der Waals surface area (Å²) in [7, 11) is 0. The summed E-state index contributed by atoms with van der Waals surface area (Å²) in [5.41, 5.74) is 4.80. The Kier molecular flexibility index (Phi) is 8.17. The molecule has 0 aromatic carbocycles. The van der Waals surface area contributed by atoms with Crippen LogP contribution in [0.5, 0.6) is 0 Å². The van der Waals surface area contributed by atoms with Gasteiger partial charge in [0.05, 0.1) is 12.2 Å². The minimum absolute atomic E-state index is 0.283. The van der Waals surface area contributed by atoms with E-state index in [2.05, 4.69) is 26.0 Å². The van der Waals surface area contributed by atoms with E-state index < -0.39 is 12.2 Å². The summed E-state index contributed by atoms with van der Waals surface area (Å²) in [6.07, 6.45) is 15.1. The molecule has 0 unspecified atom stereocenters. The molecule has 5 nitrogen and oxygen atoms in total. The van der Waals surface area contributed by atoms with Crippen LogP contribution in [-0.4, -0.2) is 33.5 Å². The maximum Gasteiger partial charge on any atom is 0.243 e. The number of aliphatic hydroxyl groups is 2. The van der Waals surface area contributed by atoms with Gasteiger partial charge in [-0.15, -0.1) is 0 Å². The van der Waals surface area contributed by atoms with Crippen LogP contribution in [0.2, 0.25) is 0 Å². The van der Waals surface area contributed by atoms with Gasteiger partial charge in [0.15, 0.2) is 0 Å². The topological polar surface area (TPSA) is 89.8 Å². The summed E-state index contributed by atoms with van der Waals surface area (Å²) in [4.78, 5) is 11.4. The summed E-state index contributed by atoms with van der Waals surface area (Å²) in [5, 5.41) is 28.7. The van der Waals surface area contributed by atoms with Crippen LogP contribution in [0.1, 0.15) is 90.9 Å². The number of hydroxylamine groups is 1. The summed E-state index contributed by atoms with van der Waals surface area (Å²) in [6.45, 7) is 4.77. The molecule has 0 aromatic heterocycles. The van der Waals surface area contributed by atoms with Crippen LogP contribution < -0.4 is 5.48 Å². The maximum absolute atomic E-state index is 11.4. The van der Waals surface area contributed by atoms with Crippen LogP contribution in [0.15, 0.2) is 23.3 Å². The van der Waals surface area contributed by atoms with E-state index in [0.29, 0.717) is 48.9 Å². The lowest BCUT2D eigenvalue weighted by Gasteiger charge is -2.45.